The fraction of sp³-hybridized carbons (Fsp3) is 0.250. The van der Waals surface area contributed by atoms with Gasteiger partial charge in [0.2, 0.25) is 0 Å². The largest absolute Gasteiger partial charge is 0.378 e. The van der Waals surface area contributed by atoms with Gasteiger partial charge in [0.1, 0.15) is 0 Å². The summed E-state index contributed by atoms with van der Waals surface area (Å²) in [5.41, 5.74) is 4.83. The molecule has 1 aliphatic rings. The molecule has 0 atom stereocenters. The summed E-state index contributed by atoms with van der Waals surface area (Å²) in [4.78, 5) is 27.5. The lowest BCUT2D eigenvalue weighted by atomic mass is 10.1. The van der Waals surface area contributed by atoms with Gasteiger partial charge in [0, 0.05) is 35.7 Å². The van der Waals surface area contributed by atoms with Crippen LogP contribution in [0.15, 0.2) is 60.7 Å². The molecule has 6 heteroatoms. The third kappa shape index (κ3) is 4.00. The summed E-state index contributed by atoms with van der Waals surface area (Å²) in [5, 5.41) is 2.90. The highest BCUT2D eigenvalue weighted by atomic mass is 16.5. The number of hydrogen-bond acceptors (Lipinski definition) is 3. The molecule has 0 saturated carbocycles. The van der Waals surface area contributed by atoms with Gasteiger partial charge < -0.3 is 19.5 Å². The van der Waals surface area contributed by atoms with Crippen LogP contribution < -0.4 is 5.32 Å². The molecule has 0 aliphatic carbocycles. The zero-order valence-electron chi connectivity index (χ0n) is 17.2. The zero-order valence-corrected chi connectivity index (χ0v) is 17.2. The van der Waals surface area contributed by atoms with Gasteiger partial charge in [-0.3, -0.25) is 9.59 Å². The fourth-order valence-corrected chi connectivity index (χ4v) is 3.75. The lowest BCUT2D eigenvalue weighted by molar-refractivity contribution is 0.0303. The minimum absolute atomic E-state index is 0.0943. The van der Waals surface area contributed by atoms with Crippen LogP contribution in [0, 0.1) is 13.8 Å². The molecule has 1 N–H and O–H groups in total. The third-order valence-corrected chi connectivity index (χ3v) is 5.36. The number of aromatic nitrogens is 1. The number of aryl methyl sites for hydroxylation is 2. The Kier molecular flexibility index (Phi) is 5.68. The first-order valence-corrected chi connectivity index (χ1v) is 10.1. The highest BCUT2D eigenvalue weighted by Gasteiger charge is 2.21. The fourth-order valence-electron chi connectivity index (χ4n) is 3.75. The Labute approximate surface area is 176 Å². The van der Waals surface area contributed by atoms with E-state index in [-0.39, 0.29) is 11.8 Å². The first-order valence-electron chi connectivity index (χ1n) is 10.1. The average Bonchev–Trinajstić information content (AvgIpc) is 3.12. The van der Waals surface area contributed by atoms with E-state index in [9.17, 15) is 9.59 Å². The summed E-state index contributed by atoms with van der Waals surface area (Å²) < 4.78 is 7.46. The van der Waals surface area contributed by atoms with E-state index < -0.39 is 0 Å². The van der Waals surface area contributed by atoms with Crippen LogP contribution in [0.25, 0.3) is 5.69 Å². The van der Waals surface area contributed by atoms with E-state index in [1.54, 1.807) is 35.2 Å². The number of morpholine rings is 1. The quantitative estimate of drug-likeness (QED) is 0.720. The Morgan fingerprint density at radius 2 is 1.50 bits per heavy atom. The summed E-state index contributed by atoms with van der Waals surface area (Å²) >= 11 is 0. The predicted molar refractivity (Wildman–Crippen MR) is 116 cm³/mol. The van der Waals surface area contributed by atoms with Gasteiger partial charge in [0.15, 0.2) is 0 Å². The molecule has 1 aromatic heterocycles. The second-order valence-electron chi connectivity index (χ2n) is 7.40. The highest BCUT2D eigenvalue weighted by Crippen LogP contribution is 2.21. The second-order valence-corrected chi connectivity index (χ2v) is 7.40. The van der Waals surface area contributed by atoms with E-state index in [2.05, 4.69) is 35.9 Å². The van der Waals surface area contributed by atoms with Crippen LogP contribution in [0.3, 0.4) is 0 Å². The van der Waals surface area contributed by atoms with Gasteiger partial charge in [-0.15, -0.1) is 0 Å². The van der Waals surface area contributed by atoms with Crippen molar-refractivity contribution in [1.29, 1.82) is 0 Å². The van der Waals surface area contributed by atoms with E-state index in [1.807, 2.05) is 18.2 Å². The molecule has 154 valence electrons. The van der Waals surface area contributed by atoms with Crippen molar-refractivity contribution in [3.05, 3.63) is 83.2 Å². The van der Waals surface area contributed by atoms with Crippen LogP contribution >= 0.6 is 0 Å². The molecule has 6 nitrogen and oxygen atoms in total. The first-order chi connectivity index (χ1) is 14.5. The van der Waals surface area contributed by atoms with E-state index >= 15 is 0 Å². The second kappa shape index (κ2) is 8.55. The monoisotopic (exact) mass is 403 g/mol. The maximum atomic E-state index is 12.9. The number of amides is 2. The molecule has 30 heavy (non-hydrogen) atoms. The molecule has 1 saturated heterocycles. The molecule has 4 rings (SSSR count). The number of anilines is 1. The van der Waals surface area contributed by atoms with Gasteiger partial charge in [0.25, 0.3) is 11.8 Å². The Morgan fingerprint density at radius 1 is 0.867 bits per heavy atom. The molecule has 3 aromatic rings. The van der Waals surface area contributed by atoms with E-state index in [1.165, 1.54) is 0 Å². The number of carbonyl (C=O) groups excluding carboxylic acids is 2. The van der Waals surface area contributed by atoms with Gasteiger partial charge >= 0.3 is 0 Å². The molecular formula is C24H25N3O3. The van der Waals surface area contributed by atoms with Gasteiger partial charge in [-0.05, 0) is 62.4 Å². The summed E-state index contributed by atoms with van der Waals surface area (Å²) in [5.74, 6) is -0.340. The molecule has 0 unspecified atom stereocenters. The number of ether oxygens (including phenoxy) is 1. The Hall–Kier alpha value is -3.38. The van der Waals surface area contributed by atoms with Crippen molar-refractivity contribution in [2.24, 2.45) is 0 Å². The van der Waals surface area contributed by atoms with Crippen molar-refractivity contribution in [3.63, 3.8) is 0 Å². The molecule has 0 spiro atoms. The number of rotatable bonds is 4. The Balaban J connectivity index is 1.52. The van der Waals surface area contributed by atoms with E-state index in [0.717, 1.165) is 17.1 Å². The van der Waals surface area contributed by atoms with Crippen LogP contribution in [0.5, 0.6) is 0 Å². The summed E-state index contributed by atoms with van der Waals surface area (Å²) in [6.45, 7) is 6.29. The molecule has 1 fully saturated rings. The minimum atomic E-state index is -0.246. The molecule has 2 aromatic carbocycles. The van der Waals surface area contributed by atoms with Crippen molar-refractivity contribution in [3.8, 4) is 5.69 Å². The van der Waals surface area contributed by atoms with Crippen molar-refractivity contribution in [2.75, 3.05) is 31.6 Å². The van der Waals surface area contributed by atoms with E-state index in [4.69, 9.17) is 4.74 Å². The van der Waals surface area contributed by atoms with Crippen molar-refractivity contribution in [1.82, 2.24) is 9.47 Å². The zero-order chi connectivity index (χ0) is 21.1. The topological polar surface area (TPSA) is 63.6 Å². The van der Waals surface area contributed by atoms with Crippen molar-refractivity contribution in [2.45, 2.75) is 13.8 Å². The highest BCUT2D eigenvalue weighted by molar-refractivity contribution is 6.09. The number of nitrogens with one attached hydrogen (secondary N) is 1. The number of para-hydroxylation sites is 1. The molecule has 0 bridgehead atoms. The number of benzene rings is 2. The Bertz CT molecular complexity index is 1040. The predicted octanol–water partition coefficient (Wildman–Crippen LogP) is 3.82. The standard InChI is InChI=1S/C24H25N3O3/c1-17-7-8-18(2)27(17)20-11-9-19(10-12-20)23(28)25-22-6-4-3-5-21(22)24(29)26-13-15-30-16-14-26/h3-12H,13-16H2,1-2H3,(H,25,28). The van der Waals surface area contributed by atoms with Crippen LogP contribution in [0.4, 0.5) is 5.69 Å². The van der Waals surface area contributed by atoms with E-state index in [0.29, 0.717) is 43.1 Å². The van der Waals surface area contributed by atoms with Crippen molar-refractivity contribution < 1.29 is 14.3 Å². The number of carbonyl (C=O) groups is 2. The molecule has 1 aliphatic heterocycles. The van der Waals surface area contributed by atoms with Crippen LogP contribution in [-0.2, 0) is 4.74 Å². The lowest BCUT2D eigenvalue weighted by Crippen LogP contribution is -2.41. The van der Waals surface area contributed by atoms with Gasteiger partial charge in [-0.2, -0.15) is 0 Å². The SMILES string of the molecule is Cc1ccc(C)n1-c1ccc(C(=O)Nc2ccccc2C(=O)N2CCOCC2)cc1. The number of nitrogens with zero attached hydrogens (tertiary/aromatic N) is 2. The summed E-state index contributed by atoms with van der Waals surface area (Å²) in [6.07, 6.45) is 0. The smallest absolute Gasteiger partial charge is 0.256 e. The Morgan fingerprint density at radius 3 is 2.17 bits per heavy atom. The maximum absolute atomic E-state index is 12.9. The minimum Gasteiger partial charge on any atom is -0.378 e. The summed E-state index contributed by atoms with van der Waals surface area (Å²) in [6, 6.07) is 18.7. The maximum Gasteiger partial charge on any atom is 0.256 e. The third-order valence-electron chi connectivity index (χ3n) is 5.36. The van der Waals surface area contributed by atoms with Crippen LogP contribution in [0.2, 0.25) is 0 Å². The van der Waals surface area contributed by atoms with Gasteiger partial charge in [0.05, 0.1) is 24.5 Å². The summed E-state index contributed by atoms with van der Waals surface area (Å²) in [7, 11) is 0. The van der Waals surface area contributed by atoms with Crippen molar-refractivity contribution >= 4 is 17.5 Å². The van der Waals surface area contributed by atoms with Gasteiger partial charge in [-0.25, -0.2) is 0 Å². The van der Waals surface area contributed by atoms with Gasteiger partial charge in [-0.1, -0.05) is 12.1 Å². The average molecular weight is 403 g/mol. The molecular weight excluding hydrogens is 378 g/mol. The molecule has 2 heterocycles. The van der Waals surface area contributed by atoms with Crippen LogP contribution in [-0.4, -0.2) is 47.6 Å². The first kappa shape index (κ1) is 19.9. The molecule has 0 radical (unpaired) electrons. The number of hydrogen-bond donors (Lipinski definition) is 1. The lowest BCUT2D eigenvalue weighted by Gasteiger charge is -2.27. The normalized spacial score (nSPS) is 13.9. The van der Waals surface area contributed by atoms with Crippen LogP contribution in [0.1, 0.15) is 32.1 Å². The molecule has 2 amide bonds.